The van der Waals surface area contributed by atoms with Gasteiger partial charge in [-0.2, -0.15) is 0 Å². The molecule has 0 spiro atoms. The molecule has 6 rings (SSSR count). The van der Waals surface area contributed by atoms with Crippen LogP contribution in [0.4, 0.5) is 0 Å². The second kappa shape index (κ2) is 20.9. The molecule has 4 fully saturated rings. The summed E-state index contributed by atoms with van der Waals surface area (Å²) in [7, 11) is 3.28. The molecule has 2 aromatic carbocycles. The molecule has 15 heteroatoms. The minimum Gasteiger partial charge on any atom is -0.497 e. The molecule has 0 aromatic heterocycles. The molecule has 0 atom stereocenters. The van der Waals surface area contributed by atoms with Crippen LogP contribution in [0.1, 0.15) is 66.5 Å². The molecule has 0 bridgehead atoms. The van der Waals surface area contributed by atoms with Crippen molar-refractivity contribution in [2.75, 3.05) is 107 Å². The van der Waals surface area contributed by atoms with E-state index in [0.29, 0.717) is 58.6 Å². The van der Waals surface area contributed by atoms with Crippen molar-refractivity contribution in [1.82, 2.24) is 0 Å². The van der Waals surface area contributed by atoms with Crippen molar-refractivity contribution in [3.8, 4) is 17.2 Å². The monoisotopic (exact) mass is 874 g/mol. The Bertz CT molecular complexity index is 1580. The second-order valence-electron chi connectivity index (χ2n) is 18.7. The molecular formula is C47H70O15. The second-order valence-corrected chi connectivity index (χ2v) is 18.7. The standard InChI is InChI=1S/C47H70O15/c1-42(2)55-20-39(21-56-42)52-28-46(29-53-40-22-57-43(3,4)58-23-40,30-54-41-24-59-44(5,6)60-25-41)26-50-27-47(32-61-45(7,8)62-33-47)31-51-36-15-13-34(14-16-36)11-12-35-17-37(48-9)19-38(18-35)49-10/h11-19,39-41H,20-33H2,1-10H3/b12-11+. The minimum absolute atomic E-state index is 0.206. The zero-order chi connectivity index (χ0) is 44.5. The first-order valence-electron chi connectivity index (χ1n) is 21.6. The summed E-state index contributed by atoms with van der Waals surface area (Å²) in [6, 6.07) is 13.7. The van der Waals surface area contributed by atoms with E-state index in [1.165, 1.54) is 0 Å². The van der Waals surface area contributed by atoms with Crippen molar-refractivity contribution in [2.24, 2.45) is 10.8 Å². The van der Waals surface area contributed by atoms with Gasteiger partial charge in [0.25, 0.3) is 0 Å². The van der Waals surface area contributed by atoms with Gasteiger partial charge in [0.05, 0.1) is 111 Å². The fourth-order valence-electron chi connectivity index (χ4n) is 6.91. The molecule has 4 heterocycles. The Morgan fingerprint density at radius 3 is 1.32 bits per heavy atom. The molecule has 0 N–H and O–H groups in total. The highest BCUT2D eigenvalue weighted by Gasteiger charge is 2.44. The molecule has 0 amide bonds. The normalized spacial score (nSPS) is 23.0. The molecule has 348 valence electrons. The van der Waals surface area contributed by atoms with Crippen LogP contribution < -0.4 is 14.2 Å². The van der Waals surface area contributed by atoms with Crippen LogP contribution in [0.3, 0.4) is 0 Å². The Hall–Kier alpha value is -2.90. The number of rotatable bonds is 20. The summed E-state index contributed by atoms with van der Waals surface area (Å²) in [6.07, 6.45) is 3.13. The van der Waals surface area contributed by atoms with Crippen LogP contribution in [0.2, 0.25) is 0 Å². The van der Waals surface area contributed by atoms with Gasteiger partial charge in [-0.25, -0.2) is 0 Å². The molecule has 62 heavy (non-hydrogen) atoms. The van der Waals surface area contributed by atoms with Crippen LogP contribution in [0.15, 0.2) is 42.5 Å². The van der Waals surface area contributed by atoms with Crippen molar-refractivity contribution >= 4 is 12.2 Å². The SMILES string of the molecule is COc1cc(/C=C/c2ccc(OCC3(COCC(COC4COC(C)(C)OC4)(COC4COC(C)(C)OC4)COC4COC(C)(C)OC4)COC(C)(C)OC3)cc2)cc(OC)c1. The van der Waals surface area contributed by atoms with Crippen LogP contribution >= 0.6 is 0 Å². The third-order valence-electron chi connectivity index (χ3n) is 11.1. The Kier molecular flexibility index (Phi) is 16.4. The highest BCUT2D eigenvalue weighted by Crippen LogP contribution is 2.34. The van der Waals surface area contributed by atoms with E-state index in [2.05, 4.69) is 0 Å². The summed E-state index contributed by atoms with van der Waals surface area (Å²) in [5.41, 5.74) is 0.522. The summed E-state index contributed by atoms with van der Waals surface area (Å²) >= 11 is 0. The fourth-order valence-corrected chi connectivity index (χ4v) is 6.91. The van der Waals surface area contributed by atoms with Crippen molar-refractivity contribution in [2.45, 2.75) is 96.9 Å². The molecule has 0 aliphatic carbocycles. The first-order chi connectivity index (χ1) is 29.4. The molecule has 0 unspecified atom stereocenters. The number of ether oxygens (including phenoxy) is 15. The number of hydrogen-bond donors (Lipinski definition) is 0. The van der Waals surface area contributed by atoms with Gasteiger partial charge in [0, 0.05) is 6.07 Å². The summed E-state index contributed by atoms with van der Waals surface area (Å²) < 4.78 is 91.8. The maximum Gasteiger partial charge on any atom is 0.163 e. The predicted octanol–water partition coefficient (Wildman–Crippen LogP) is 6.53. The van der Waals surface area contributed by atoms with Gasteiger partial charge in [-0.3, -0.25) is 0 Å². The first kappa shape index (κ1) is 48.6. The number of hydrogen-bond acceptors (Lipinski definition) is 15. The number of benzene rings is 2. The first-order valence-corrected chi connectivity index (χ1v) is 21.6. The maximum atomic E-state index is 6.75. The van der Waals surface area contributed by atoms with Gasteiger partial charge in [0.2, 0.25) is 0 Å². The van der Waals surface area contributed by atoms with Gasteiger partial charge in [-0.15, -0.1) is 0 Å². The molecule has 15 nitrogen and oxygen atoms in total. The van der Waals surface area contributed by atoms with Gasteiger partial charge >= 0.3 is 0 Å². The van der Waals surface area contributed by atoms with E-state index >= 15 is 0 Å². The lowest BCUT2D eigenvalue weighted by atomic mass is 9.89. The van der Waals surface area contributed by atoms with Crippen LogP contribution in [-0.4, -0.2) is 148 Å². The quantitative estimate of drug-likeness (QED) is 0.133. The largest absolute Gasteiger partial charge is 0.497 e. The van der Waals surface area contributed by atoms with Crippen LogP contribution in [0.5, 0.6) is 17.2 Å². The zero-order valence-electron chi connectivity index (χ0n) is 38.5. The third-order valence-corrected chi connectivity index (χ3v) is 11.1. The molecule has 4 saturated heterocycles. The average molecular weight is 875 g/mol. The Morgan fingerprint density at radius 1 is 0.500 bits per heavy atom. The topological polar surface area (TPSA) is 138 Å². The molecule has 2 aromatic rings. The summed E-state index contributed by atoms with van der Waals surface area (Å²) in [5, 5.41) is 0. The highest BCUT2D eigenvalue weighted by atomic mass is 16.7. The van der Waals surface area contributed by atoms with Crippen molar-refractivity contribution in [3.63, 3.8) is 0 Å². The molecule has 0 radical (unpaired) electrons. The Morgan fingerprint density at radius 2 is 0.903 bits per heavy atom. The van der Waals surface area contributed by atoms with Crippen LogP contribution in [0.25, 0.3) is 12.2 Å². The Labute approximate surface area is 367 Å². The molecule has 4 aliphatic heterocycles. The van der Waals surface area contributed by atoms with E-state index in [1.54, 1.807) is 14.2 Å². The van der Waals surface area contributed by atoms with Crippen LogP contribution in [0, 0.1) is 10.8 Å². The van der Waals surface area contributed by atoms with Crippen molar-refractivity contribution < 1.29 is 71.1 Å². The fraction of sp³-hybridized carbons (Fsp3) is 0.702. The van der Waals surface area contributed by atoms with Gasteiger partial charge in [-0.05, 0) is 90.8 Å². The number of methoxy groups -OCH3 is 2. The van der Waals surface area contributed by atoms with E-state index in [9.17, 15) is 0 Å². The minimum atomic E-state index is -0.802. The molecule has 0 saturated carbocycles. The van der Waals surface area contributed by atoms with Crippen molar-refractivity contribution in [1.29, 1.82) is 0 Å². The van der Waals surface area contributed by atoms with E-state index < -0.39 is 34.0 Å². The summed E-state index contributed by atoms with van der Waals surface area (Å²) in [4.78, 5) is 0. The van der Waals surface area contributed by atoms with E-state index in [1.807, 2.05) is 110 Å². The molecular weight excluding hydrogens is 805 g/mol. The maximum absolute atomic E-state index is 6.75. The van der Waals surface area contributed by atoms with Gasteiger partial charge < -0.3 is 71.1 Å². The predicted molar refractivity (Wildman–Crippen MR) is 229 cm³/mol. The highest BCUT2D eigenvalue weighted by molar-refractivity contribution is 5.71. The summed E-state index contributed by atoms with van der Waals surface area (Å²) in [6.45, 7) is 19.6. The van der Waals surface area contributed by atoms with E-state index in [-0.39, 0.29) is 58.0 Å². The average Bonchev–Trinajstić information content (AvgIpc) is 3.25. The third kappa shape index (κ3) is 14.8. The lowest BCUT2D eigenvalue weighted by Gasteiger charge is -2.44. The molecule has 4 aliphatic rings. The lowest BCUT2D eigenvalue weighted by molar-refractivity contribution is -0.303. The lowest BCUT2D eigenvalue weighted by Crippen LogP contribution is -2.53. The summed E-state index contributed by atoms with van der Waals surface area (Å²) in [5.74, 6) is -0.647. The van der Waals surface area contributed by atoms with Crippen molar-refractivity contribution in [3.05, 3.63) is 53.6 Å². The van der Waals surface area contributed by atoms with E-state index in [0.717, 1.165) is 22.6 Å². The zero-order valence-corrected chi connectivity index (χ0v) is 38.5. The van der Waals surface area contributed by atoms with Gasteiger partial charge in [0.15, 0.2) is 23.1 Å². The van der Waals surface area contributed by atoms with Gasteiger partial charge in [-0.1, -0.05) is 24.3 Å². The Balaban J connectivity index is 1.15. The smallest absolute Gasteiger partial charge is 0.163 e. The van der Waals surface area contributed by atoms with Gasteiger partial charge in [0.1, 0.15) is 42.2 Å². The van der Waals surface area contributed by atoms with Crippen LogP contribution in [-0.2, 0) is 56.8 Å². The van der Waals surface area contributed by atoms with E-state index in [4.69, 9.17) is 71.1 Å².